The number of benzene rings is 1. The molecule has 1 saturated heterocycles. The normalized spacial score (nSPS) is 18.5. The average molecular weight is 294 g/mol. The average Bonchev–Trinajstić information content (AvgIpc) is 3.07. The highest BCUT2D eigenvalue weighted by Gasteiger charge is 2.22. The molecular weight excluding hydrogens is 278 g/mol. The zero-order valence-electron chi connectivity index (χ0n) is 10.9. The first kappa shape index (κ1) is 13.2. The van der Waals surface area contributed by atoms with Crippen LogP contribution in [0.4, 0.5) is 5.95 Å². The van der Waals surface area contributed by atoms with Crippen LogP contribution in [0.1, 0.15) is 12.2 Å². The van der Waals surface area contributed by atoms with E-state index in [-0.39, 0.29) is 6.04 Å². The molecule has 3 N–H and O–H groups in total. The van der Waals surface area contributed by atoms with Gasteiger partial charge in [0.05, 0.1) is 0 Å². The Bertz CT molecular complexity index is 570. The number of rotatable bonds is 4. The zero-order chi connectivity index (χ0) is 13.9. The number of anilines is 1. The topological polar surface area (TPSA) is 80.1 Å². The molecule has 3 rings (SSSR count). The van der Waals surface area contributed by atoms with Crippen molar-refractivity contribution < 1.29 is 4.74 Å². The Labute approximate surface area is 121 Å². The van der Waals surface area contributed by atoms with Crippen LogP contribution >= 0.6 is 11.6 Å². The van der Waals surface area contributed by atoms with Crippen LogP contribution in [-0.4, -0.2) is 34.3 Å². The second kappa shape index (κ2) is 5.68. The van der Waals surface area contributed by atoms with E-state index >= 15 is 0 Å². The third kappa shape index (κ3) is 3.02. The fraction of sp³-hybridized carbons (Fsp3) is 0.385. The van der Waals surface area contributed by atoms with Gasteiger partial charge in [-0.1, -0.05) is 11.6 Å². The van der Waals surface area contributed by atoms with Crippen molar-refractivity contribution >= 4 is 17.5 Å². The van der Waals surface area contributed by atoms with E-state index in [0.29, 0.717) is 23.4 Å². The fourth-order valence-corrected chi connectivity index (χ4v) is 2.27. The lowest BCUT2D eigenvalue weighted by atomic mass is 10.3. The third-order valence-corrected chi connectivity index (χ3v) is 3.47. The van der Waals surface area contributed by atoms with Crippen LogP contribution in [0, 0.1) is 0 Å². The highest BCUT2D eigenvalue weighted by Crippen LogP contribution is 2.18. The minimum atomic E-state index is 0.210. The van der Waals surface area contributed by atoms with Gasteiger partial charge < -0.3 is 15.4 Å². The van der Waals surface area contributed by atoms with Crippen LogP contribution in [0.5, 0.6) is 5.75 Å². The van der Waals surface area contributed by atoms with Crippen molar-refractivity contribution in [3.8, 4) is 5.75 Å². The Morgan fingerprint density at radius 3 is 2.90 bits per heavy atom. The third-order valence-electron chi connectivity index (χ3n) is 3.22. The number of nitrogens with two attached hydrogens (primary N) is 1. The molecule has 106 valence electrons. The molecule has 0 amide bonds. The molecule has 0 aliphatic carbocycles. The van der Waals surface area contributed by atoms with E-state index in [2.05, 4.69) is 20.1 Å². The quantitative estimate of drug-likeness (QED) is 0.894. The molecule has 0 saturated carbocycles. The molecule has 20 heavy (non-hydrogen) atoms. The summed E-state index contributed by atoms with van der Waals surface area (Å²) in [5.74, 6) is 2.12. The molecule has 2 aromatic rings. The summed E-state index contributed by atoms with van der Waals surface area (Å²) in [4.78, 5) is 6.49. The van der Waals surface area contributed by atoms with E-state index < -0.39 is 0 Å². The fourth-order valence-electron chi connectivity index (χ4n) is 2.14. The Morgan fingerprint density at radius 2 is 2.20 bits per heavy atom. The van der Waals surface area contributed by atoms with Crippen LogP contribution in [0.2, 0.25) is 5.02 Å². The Hall–Kier alpha value is -1.79. The van der Waals surface area contributed by atoms with Gasteiger partial charge in [0.25, 0.3) is 0 Å². The number of hydrogen-bond donors (Lipinski definition) is 2. The summed E-state index contributed by atoms with van der Waals surface area (Å²) in [6.07, 6.45) is 0.977. The summed E-state index contributed by atoms with van der Waals surface area (Å²) in [5.41, 5.74) is 5.87. The lowest BCUT2D eigenvalue weighted by Gasteiger charge is -2.11. The number of nitrogens with zero attached hydrogens (tertiary/aromatic N) is 3. The van der Waals surface area contributed by atoms with E-state index in [1.54, 1.807) is 12.1 Å². The smallest absolute Gasteiger partial charge is 0.244 e. The minimum Gasteiger partial charge on any atom is -0.486 e. The number of nitrogens with one attached hydrogen (secondary N) is 1. The molecule has 0 bridgehead atoms. The first-order valence-corrected chi connectivity index (χ1v) is 6.88. The van der Waals surface area contributed by atoms with Crippen molar-refractivity contribution in [1.29, 1.82) is 0 Å². The highest BCUT2D eigenvalue weighted by molar-refractivity contribution is 6.30. The van der Waals surface area contributed by atoms with Gasteiger partial charge in [0.2, 0.25) is 5.95 Å². The maximum atomic E-state index is 5.87. The van der Waals surface area contributed by atoms with E-state index in [1.807, 2.05) is 12.1 Å². The molecule has 2 heterocycles. The first-order valence-electron chi connectivity index (χ1n) is 6.51. The SMILES string of the molecule is NC1CCN(c2n[nH]c(COc3ccc(Cl)cc3)n2)C1. The van der Waals surface area contributed by atoms with Crippen LogP contribution in [-0.2, 0) is 6.61 Å². The van der Waals surface area contributed by atoms with Gasteiger partial charge in [-0.15, -0.1) is 5.10 Å². The summed E-state index contributed by atoms with van der Waals surface area (Å²) in [6, 6.07) is 7.42. The Balaban J connectivity index is 1.58. The van der Waals surface area contributed by atoms with Crippen LogP contribution in [0.15, 0.2) is 24.3 Å². The van der Waals surface area contributed by atoms with E-state index in [4.69, 9.17) is 22.1 Å². The van der Waals surface area contributed by atoms with Gasteiger partial charge in [-0.05, 0) is 30.7 Å². The summed E-state index contributed by atoms with van der Waals surface area (Å²) in [5, 5.41) is 7.76. The highest BCUT2D eigenvalue weighted by atomic mass is 35.5. The van der Waals surface area contributed by atoms with Crippen molar-refractivity contribution in [2.45, 2.75) is 19.1 Å². The molecular formula is C13H16ClN5O. The van der Waals surface area contributed by atoms with Crippen molar-refractivity contribution in [2.24, 2.45) is 5.73 Å². The van der Waals surface area contributed by atoms with E-state index in [9.17, 15) is 0 Å². The van der Waals surface area contributed by atoms with Crippen molar-refractivity contribution in [3.63, 3.8) is 0 Å². The number of ether oxygens (including phenoxy) is 1. The van der Waals surface area contributed by atoms with Gasteiger partial charge in [-0.3, -0.25) is 5.10 Å². The predicted octanol–water partition coefficient (Wildman–Crippen LogP) is 1.57. The van der Waals surface area contributed by atoms with Crippen LogP contribution in [0.3, 0.4) is 0 Å². The monoisotopic (exact) mass is 293 g/mol. The molecule has 6 nitrogen and oxygen atoms in total. The summed E-state index contributed by atoms with van der Waals surface area (Å²) in [7, 11) is 0. The van der Waals surface area contributed by atoms with Crippen molar-refractivity contribution in [2.75, 3.05) is 18.0 Å². The van der Waals surface area contributed by atoms with Gasteiger partial charge >= 0.3 is 0 Å². The summed E-state index contributed by atoms with van der Waals surface area (Å²) >= 11 is 5.82. The molecule has 1 fully saturated rings. The lowest BCUT2D eigenvalue weighted by Crippen LogP contribution is -2.27. The minimum absolute atomic E-state index is 0.210. The molecule has 0 spiro atoms. The molecule has 7 heteroatoms. The molecule has 1 aliphatic heterocycles. The second-order valence-electron chi connectivity index (χ2n) is 4.82. The molecule has 0 radical (unpaired) electrons. The molecule has 1 aromatic heterocycles. The maximum absolute atomic E-state index is 5.87. The predicted molar refractivity (Wildman–Crippen MR) is 77.0 cm³/mol. The van der Waals surface area contributed by atoms with Crippen molar-refractivity contribution in [3.05, 3.63) is 35.1 Å². The van der Waals surface area contributed by atoms with Gasteiger partial charge in [0.1, 0.15) is 12.4 Å². The van der Waals surface area contributed by atoms with E-state index in [1.165, 1.54) is 0 Å². The van der Waals surface area contributed by atoms with Gasteiger partial charge in [-0.2, -0.15) is 4.98 Å². The lowest BCUT2D eigenvalue weighted by molar-refractivity contribution is 0.296. The zero-order valence-corrected chi connectivity index (χ0v) is 11.7. The molecule has 1 atom stereocenters. The summed E-state index contributed by atoms with van der Waals surface area (Å²) < 4.78 is 5.61. The second-order valence-corrected chi connectivity index (χ2v) is 5.26. The standard InChI is InChI=1S/C13H16ClN5O/c14-9-1-3-11(4-2-9)20-8-12-16-13(18-17-12)19-6-5-10(15)7-19/h1-4,10H,5-8,15H2,(H,16,17,18). The van der Waals surface area contributed by atoms with Crippen LogP contribution < -0.4 is 15.4 Å². The van der Waals surface area contributed by atoms with Crippen molar-refractivity contribution in [1.82, 2.24) is 15.2 Å². The number of aromatic amines is 1. The first-order chi connectivity index (χ1) is 9.70. The molecule has 1 aromatic carbocycles. The number of hydrogen-bond acceptors (Lipinski definition) is 5. The molecule has 1 unspecified atom stereocenters. The van der Waals surface area contributed by atoms with Gasteiger partial charge in [0, 0.05) is 24.2 Å². The Kier molecular flexibility index (Phi) is 3.75. The number of H-pyrrole nitrogens is 1. The number of aromatic nitrogens is 3. The maximum Gasteiger partial charge on any atom is 0.244 e. The van der Waals surface area contributed by atoms with Gasteiger partial charge in [0.15, 0.2) is 5.82 Å². The largest absolute Gasteiger partial charge is 0.486 e. The van der Waals surface area contributed by atoms with Gasteiger partial charge in [-0.25, -0.2) is 0 Å². The number of halogens is 1. The summed E-state index contributed by atoms with van der Waals surface area (Å²) in [6.45, 7) is 2.04. The Morgan fingerprint density at radius 1 is 1.40 bits per heavy atom. The van der Waals surface area contributed by atoms with E-state index in [0.717, 1.165) is 25.3 Å². The molecule has 1 aliphatic rings. The van der Waals surface area contributed by atoms with Crippen LogP contribution in [0.25, 0.3) is 0 Å².